The number of rotatable bonds is 6. The van der Waals surface area contributed by atoms with E-state index in [1.54, 1.807) is 30.3 Å². The van der Waals surface area contributed by atoms with E-state index in [9.17, 15) is 27.6 Å². The smallest absolute Gasteiger partial charge is 0.480 e. The lowest BCUT2D eigenvalue weighted by atomic mass is 10.2. The van der Waals surface area contributed by atoms with Gasteiger partial charge in [-0.2, -0.15) is 13.2 Å². The number of aliphatic carboxylic acids is 2. The van der Waals surface area contributed by atoms with E-state index in [-0.39, 0.29) is 17.4 Å². The van der Waals surface area contributed by atoms with Gasteiger partial charge < -0.3 is 21.3 Å². The number of hydrogen-bond acceptors (Lipinski definition) is 6. The molecule has 0 spiro atoms. The summed E-state index contributed by atoms with van der Waals surface area (Å²) in [7, 11) is 0. The molecule has 5 N–H and O–H groups in total. The van der Waals surface area contributed by atoms with Crippen LogP contribution in [-0.4, -0.2) is 57.7 Å². The molecule has 0 saturated heterocycles. The molecule has 1 aromatic carbocycles. The molecule has 26 heavy (non-hydrogen) atoms. The Morgan fingerprint density at radius 3 is 2.00 bits per heavy atom. The molecule has 0 aliphatic carbocycles. The molecule has 1 atom stereocenters. The molecule has 0 aliphatic rings. The Morgan fingerprint density at radius 1 is 1.12 bits per heavy atom. The molecule has 1 amide bonds. The third-order valence-corrected chi connectivity index (χ3v) is 3.45. The lowest BCUT2D eigenvalue weighted by Crippen LogP contribution is -2.45. The Bertz CT molecular complexity index is 639. The van der Waals surface area contributed by atoms with Crippen LogP contribution in [-0.2, 0) is 14.4 Å². The normalized spacial score (nSPS) is 11.5. The number of carbonyl (C=O) groups is 4. The van der Waals surface area contributed by atoms with Gasteiger partial charge in [-0.25, -0.2) is 9.59 Å². The van der Waals surface area contributed by atoms with Crippen LogP contribution in [0.1, 0.15) is 10.4 Å². The van der Waals surface area contributed by atoms with Crippen molar-refractivity contribution >= 4 is 34.7 Å². The molecule has 1 aromatic rings. The van der Waals surface area contributed by atoms with Gasteiger partial charge in [-0.3, -0.25) is 9.59 Å². The number of benzene rings is 1. The predicted octanol–water partition coefficient (Wildman–Crippen LogP) is 0.721. The van der Waals surface area contributed by atoms with Crippen LogP contribution in [0.5, 0.6) is 0 Å². The highest BCUT2D eigenvalue weighted by Crippen LogP contribution is 2.14. The third-order valence-electron chi connectivity index (χ3n) is 2.45. The largest absolute Gasteiger partial charge is 0.490 e. The van der Waals surface area contributed by atoms with Gasteiger partial charge in [0.2, 0.25) is 11.0 Å². The van der Waals surface area contributed by atoms with Crippen molar-refractivity contribution in [2.75, 3.05) is 12.3 Å². The lowest BCUT2D eigenvalue weighted by molar-refractivity contribution is -0.192. The fourth-order valence-electron chi connectivity index (χ4n) is 1.24. The fourth-order valence-corrected chi connectivity index (χ4v) is 2.09. The maximum Gasteiger partial charge on any atom is 0.490 e. The van der Waals surface area contributed by atoms with Crippen molar-refractivity contribution in [2.45, 2.75) is 12.2 Å². The number of amides is 1. The maximum atomic E-state index is 11.8. The van der Waals surface area contributed by atoms with Crippen LogP contribution in [0.25, 0.3) is 0 Å². The SMILES string of the molecule is NCC(=O)NC(CSC(=O)c1ccccc1)C(=O)O.O=C(O)C(F)(F)F. The Labute approximate surface area is 149 Å². The molecule has 0 bridgehead atoms. The summed E-state index contributed by atoms with van der Waals surface area (Å²) in [6.45, 7) is -0.291. The zero-order valence-corrected chi connectivity index (χ0v) is 13.8. The molecule has 1 rings (SSSR count). The molecule has 0 radical (unpaired) electrons. The van der Waals surface area contributed by atoms with Crippen molar-refractivity contribution in [1.29, 1.82) is 0 Å². The zero-order chi connectivity index (χ0) is 20.3. The zero-order valence-electron chi connectivity index (χ0n) is 13.0. The van der Waals surface area contributed by atoms with Crippen LogP contribution < -0.4 is 11.1 Å². The highest BCUT2D eigenvalue weighted by molar-refractivity contribution is 8.14. The van der Waals surface area contributed by atoms with Crippen LogP contribution in [0, 0.1) is 0 Å². The quantitative estimate of drug-likeness (QED) is 0.550. The Hall–Kier alpha value is -2.60. The van der Waals surface area contributed by atoms with E-state index in [0.717, 1.165) is 11.8 Å². The number of carboxylic acids is 2. The van der Waals surface area contributed by atoms with Gasteiger partial charge in [0.25, 0.3) is 0 Å². The second-order valence-electron chi connectivity index (χ2n) is 4.43. The van der Waals surface area contributed by atoms with Crippen molar-refractivity contribution in [2.24, 2.45) is 5.73 Å². The van der Waals surface area contributed by atoms with Crippen molar-refractivity contribution in [3.05, 3.63) is 35.9 Å². The minimum atomic E-state index is -5.08. The number of nitrogens with two attached hydrogens (primary N) is 1. The fraction of sp³-hybridized carbons (Fsp3) is 0.286. The van der Waals surface area contributed by atoms with Gasteiger partial charge >= 0.3 is 18.1 Å². The highest BCUT2D eigenvalue weighted by Gasteiger charge is 2.38. The average Bonchev–Trinajstić information content (AvgIpc) is 2.58. The Morgan fingerprint density at radius 2 is 1.62 bits per heavy atom. The minimum Gasteiger partial charge on any atom is -0.480 e. The molecule has 1 unspecified atom stereocenters. The number of thioether (sulfide) groups is 1. The standard InChI is InChI=1S/C12H14N2O4S.C2HF3O2/c13-6-10(15)14-9(11(16)17)7-19-12(18)8-4-2-1-3-5-8;3-2(4,5)1(6)7/h1-5,9H,6-7,13H2,(H,14,15)(H,16,17);(H,6,7). The molecule has 0 aromatic heterocycles. The van der Waals surface area contributed by atoms with Crippen molar-refractivity contribution < 1.29 is 42.6 Å². The number of alkyl halides is 3. The summed E-state index contributed by atoms with van der Waals surface area (Å²) in [4.78, 5) is 42.6. The van der Waals surface area contributed by atoms with Gasteiger partial charge in [0, 0.05) is 11.3 Å². The van der Waals surface area contributed by atoms with Crippen molar-refractivity contribution in [3.8, 4) is 0 Å². The number of nitrogens with one attached hydrogen (secondary N) is 1. The molecule has 0 aliphatic heterocycles. The molecular formula is C14H15F3N2O6S. The second-order valence-corrected chi connectivity index (χ2v) is 5.42. The molecule has 12 heteroatoms. The summed E-state index contributed by atoms with van der Waals surface area (Å²) in [6.07, 6.45) is -5.08. The van der Waals surface area contributed by atoms with Gasteiger partial charge in [-0.15, -0.1) is 0 Å². The summed E-state index contributed by atoms with van der Waals surface area (Å²) in [5.74, 6) is -4.57. The molecule has 144 valence electrons. The predicted molar refractivity (Wildman–Crippen MR) is 85.5 cm³/mol. The van der Waals surface area contributed by atoms with Gasteiger partial charge in [-0.05, 0) is 0 Å². The van der Waals surface area contributed by atoms with Gasteiger partial charge in [0.15, 0.2) is 0 Å². The summed E-state index contributed by atoms with van der Waals surface area (Å²) < 4.78 is 31.7. The molecule has 0 fully saturated rings. The summed E-state index contributed by atoms with van der Waals surface area (Å²) in [5, 5.41) is 18.0. The average molecular weight is 396 g/mol. The molecule has 8 nitrogen and oxygen atoms in total. The number of halogens is 3. The van der Waals surface area contributed by atoms with E-state index in [0.29, 0.717) is 5.56 Å². The number of hydrogen-bond donors (Lipinski definition) is 4. The van der Waals surface area contributed by atoms with Gasteiger partial charge in [0.1, 0.15) is 6.04 Å². The molecular weight excluding hydrogens is 381 g/mol. The minimum absolute atomic E-state index is 0.0468. The molecule has 0 heterocycles. The van der Waals surface area contributed by atoms with E-state index < -0.39 is 30.1 Å². The van der Waals surface area contributed by atoms with E-state index in [1.165, 1.54) is 0 Å². The van der Waals surface area contributed by atoms with Crippen molar-refractivity contribution in [3.63, 3.8) is 0 Å². The topological polar surface area (TPSA) is 147 Å². The van der Waals surface area contributed by atoms with Crippen LogP contribution >= 0.6 is 11.8 Å². The summed E-state index contributed by atoms with van der Waals surface area (Å²) in [5.41, 5.74) is 5.58. The maximum absolute atomic E-state index is 11.8. The first-order chi connectivity index (χ1) is 12.0. The first-order valence-electron chi connectivity index (χ1n) is 6.73. The first kappa shape index (κ1) is 23.4. The van der Waals surface area contributed by atoms with Gasteiger partial charge in [-0.1, -0.05) is 42.1 Å². The number of carboxylic acid groups (broad SMARTS) is 2. The van der Waals surface area contributed by atoms with E-state index in [1.807, 2.05) is 0 Å². The van der Waals surface area contributed by atoms with Gasteiger partial charge in [0.05, 0.1) is 6.54 Å². The van der Waals surface area contributed by atoms with E-state index in [4.69, 9.17) is 20.7 Å². The van der Waals surface area contributed by atoms with Crippen LogP contribution in [0.4, 0.5) is 13.2 Å². The monoisotopic (exact) mass is 396 g/mol. The van der Waals surface area contributed by atoms with Crippen LogP contribution in [0.3, 0.4) is 0 Å². The lowest BCUT2D eigenvalue weighted by Gasteiger charge is -2.12. The molecule has 0 saturated carbocycles. The summed E-state index contributed by atoms with van der Waals surface area (Å²) in [6, 6.07) is 7.38. The second kappa shape index (κ2) is 11.1. The Balaban J connectivity index is 0.000000758. The summed E-state index contributed by atoms with van der Waals surface area (Å²) >= 11 is 0.843. The number of carbonyl (C=O) groups excluding carboxylic acids is 2. The van der Waals surface area contributed by atoms with Crippen LogP contribution in [0.15, 0.2) is 30.3 Å². The van der Waals surface area contributed by atoms with E-state index in [2.05, 4.69) is 5.32 Å². The Kier molecular flexibility index (Phi) is 9.99. The highest BCUT2D eigenvalue weighted by atomic mass is 32.2. The van der Waals surface area contributed by atoms with E-state index >= 15 is 0 Å². The first-order valence-corrected chi connectivity index (χ1v) is 7.72. The van der Waals surface area contributed by atoms with Crippen LogP contribution in [0.2, 0.25) is 0 Å². The third kappa shape index (κ3) is 9.64. The van der Waals surface area contributed by atoms with Crippen molar-refractivity contribution in [1.82, 2.24) is 5.32 Å².